The number of rotatable bonds is 6. The number of hydrogen-bond acceptors (Lipinski definition) is 5. The Kier molecular flexibility index (Phi) is 5.63. The van der Waals surface area contributed by atoms with Gasteiger partial charge < -0.3 is 4.74 Å². The number of nitro groups is 1. The van der Waals surface area contributed by atoms with Gasteiger partial charge in [-0.2, -0.15) is 0 Å². The third-order valence-electron chi connectivity index (χ3n) is 3.35. The summed E-state index contributed by atoms with van der Waals surface area (Å²) >= 11 is 5.42. The Labute approximate surface area is 165 Å². The molecule has 2 aromatic carbocycles. The van der Waals surface area contributed by atoms with Crippen molar-refractivity contribution in [2.75, 3.05) is 0 Å². The van der Waals surface area contributed by atoms with Gasteiger partial charge >= 0.3 is 0 Å². The van der Waals surface area contributed by atoms with Gasteiger partial charge in [-0.15, -0.1) is 5.10 Å². The van der Waals surface area contributed by atoms with Crippen LogP contribution in [0.25, 0.3) is 0 Å². The number of halogens is 2. The summed E-state index contributed by atoms with van der Waals surface area (Å²) in [5.74, 6) is 0.577. The Morgan fingerprint density at radius 2 is 2.00 bits per heavy atom. The Bertz CT molecular complexity index is 899. The van der Waals surface area contributed by atoms with Gasteiger partial charge in [-0.25, -0.2) is 4.68 Å². The van der Waals surface area contributed by atoms with Crippen molar-refractivity contribution < 1.29 is 9.66 Å². The van der Waals surface area contributed by atoms with Crippen molar-refractivity contribution >= 4 is 44.2 Å². The lowest BCUT2D eigenvalue weighted by atomic mass is 10.2. The summed E-state index contributed by atoms with van der Waals surface area (Å²) in [6.07, 6.45) is 1.82. The fraction of sp³-hybridized carbons (Fsp3) is 0.125. The van der Waals surface area contributed by atoms with Gasteiger partial charge in [0.15, 0.2) is 0 Å². The van der Waals surface area contributed by atoms with Crippen molar-refractivity contribution in [3.8, 4) is 5.75 Å². The minimum atomic E-state index is -0.431. The summed E-state index contributed by atoms with van der Waals surface area (Å²) in [4.78, 5) is 10.3. The molecule has 0 N–H and O–H groups in total. The number of aromatic nitrogens is 3. The van der Waals surface area contributed by atoms with E-state index in [0.29, 0.717) is 21.6 Å². The van der Waals surface area contributed by atoms with Crippen LogP contribution in [0.3, 0.4) is 0 Å². The average Bonchev–Trinajstić information content (AvgIpc) is 3.03. The van der Waals surface area contributed by atoms with Gasteiger partial charge in [0.25, 0.3) is 5.69 Å². The lowest BCUT2D eigenvalue weighted by Crippen LogP contribution is -2.00. The number of hydrogen-bond donors (Lipinski definition) is 0. The van der Waals surface area contributed by atoms with Gasteiger partial charge in [-0.05, 0) is 46.4 Å². The molecule has 0 bridgehead atoms. The van der Waals surface area contributed by atoms with E-state index in [9.17, 15) is 10.1 Å². The molecule has 0 unspecified atom stereocenters. The van der Waals surface area contributed by atoms with Crippen LogP contribution in [0.5, 0.6) is 5.75 Å². The highest BCUT2D eigenvalue weighted by atomic mass is 127. The van der Waals surface area contributed by atoms with Crippen LogP contribution in [-0.4, -0.2) is 19.9 Å². The molecule has 7 nitrogen and oxygen atoms in total. The summed E-state index contributed by atoms with van der Waals surface area (Å²) in [5.41, 5.74) is 1.84. The second kappa shape index (κ2) is 7.91. The molecule has 0 aliphatic carbocycles. The molecule has 25 heavy (non-hydrogen) atoms. The monoisotopic (exact) mass is 514 g/mol. The molecule has 1 aromatic heterocycles. The van der Waals surface area contributed by atoms with E-state index in [0.717, 1.165) is 10.0 Å². The van der Waals surface area contributed by atoms with E-state index in [1.807, 2.05) is 53.1 Å². The zero-order chi connectivity index (χ0) is 17.8. The second-order valence-corrected chi connectivity index (χ2v) is 7.27. The largest absolute Gasteiger partial charge is 0.486 e. The van der Waals surface area contributed by atoms with Crippen LogP contribution >= 0.6 is 38.5 Å². The van der Waals surface area contributed by atoms with Crippen LogP contribution in [0.15, 0.2) is 53.1 Å². The minimum absolute atomic E-state index is 0.0391. The third-order valence-corrected chi connectivity index (χ3v) is 4.72. The fourth-order valence-corrected chi connectivity index (χ4v) is 3.05. The molecule has 9 heteroatoms. The summed E-state index contributed by atoms with van der Waals surface area (Å²) in [6.45, 7) is 0.865. The maximum atomic E-state index is 10.8. The molecule has 0 atom stereocenters. The van der Waals surface area contributed by atoms with E-state index < -0.39 is 4.92 Å². The van der Waals surface area contributed by atoms with E-state index in [1.165, 1.54) is 12.1 Å². The molecular weight excluding hydrogens is 503 g/mol. The topological polar surface area (TPSA) is 83.1 Å². The summed E-state index contributed by atoms with van der Waals surface area (Å²) < 4.78 is 9.13. The van der Waals surface area contributed by atoms with E-state index in [-0.39, 0.29) is 12.3 Å². The molecule has 0 aliphatic heterocycles. The minimum Gasteiger partial charge on any atom is -0.486 e. The van der Waals surface area contributed by atoms with Gasteiger partial charge in [-0.1, -0.05) is 33.3 Å². The molecular formula is C16H12BrIN4O3. The molecule has 1 heterocycles. The SMILES string of the molecule is O=[N+]([O-])c1ccc(OCc2cn(Cc3ccc(Br)cc3)nn2)c(I)c1. The summed E-state index contributed by atoms with van der Waals surface area (Å²) in [6, 6.07) is 12.5. The van der Waals surface area contributed by atoms with Crippen molar-refractivity contribution in [1.29, 1.82) is 0 Å². The third kappa shape index (κ3) is 4.75. The number of benzene rings is 2. The van der Waals surface area contributed by atoms with Gasteiger partial charge in [-0.3, -0.25) is 10.1 Å². The molecule has 3 rings (SSSR count). The van der Waals surface area contributed by atoms with Crippen LogP contribution in [0.1, 0.15) is 11.3 Å². The summed E-state index contributed by atoms with van der Waals surface area (Å²) in [7, 11) is 0. The number of nitro benzene ring substituents is 1. The molecule has 3 aromatic rings. The lowest BCUT2D eigenvalue weighted by molar-refractivity contribution is -0.385. The fourth-order valence-electron chi connectivity index (χ4n) is 2.13. The Morgan fingerprint density at radius 1 is 1.24 bits per heavy atom. The predicted octanol–water partition coefficient (Wildman–Crippen LogP) is 4.18. The lowest BCUT2D eigenvalue weighted by Gasteiger charge is -2.06. The normalized spacial score (nSPS) is 10.6. The zero-order valence-electron chi connectivity index (χ0n) is 12.8. The van der Waals surface area contributed by atoms with E-state index in [1.54, 1.807) is 10.7 Å². The van der Waals surface area contributed by atoms with Gasteiger partial charge in [0, 0.05) is 16.6 Å². The number of nitrogens with zero attached hydrogens (tertiary/aromatic N) is 4. The predicted molar refractivity (Wildman–Crippen MR) is 103 cm³/mol. The van der Waals surface area contributed by atoms with Gasteiger partial charge in [0.1, 0.15) is 18.1 Å². The van der Waals surface area contributed by atoms with Crippen molar-refractivity contribution in [3.05, 3.63) is 78.1 Å². The first-order valence-corrected chi connectivity index (χ1v) is 9.08. The second-order valence-electron chi connectivity index (χ2n) is 5.19. The molecule has 0 saturated heterocycles. The van der Waals surface area contributed by atoms with Crippen LogP contribution in [0, 0.1) is 13.7 Å². The van der Waals surface area contributed by atoms with Crippen LogP contribution < -0.4 is 4.74 Å². The maximum Gasteiger partial charge on any atom is 0.270 e. The molecule has 0 saturated carbocycles. The van der Waals surface area contributed by atoms with Crippen molar-refractivity contribution in [1.82, 2.24) is 15.0 Å². The van der Waals surface area contributed by atoms with Crippen LogP contribution in [-0.2, 0) is 13.2 Å². The van der Waals surface area contributed by atoms with Gasteiger partial charge in [0.2, 0.25) is 0 Å². The average molecular weight is 515 g/mol. The van der Waals surface area contributed by atoms with Crippen molar-refractivity contribution in [2.24, 2.45) is 0 Å². The first-order chi connectivity index (χ1) is 12.0. The van der Waals surface area contributed by atoms with Gasteiger partial charge in [0.05, 0.1) is 21.2 Å². The Morgan fingerprint density at radius 3 is 2.68 bits per heavy atom. The smallest absolute Gasteiger partial charge is 0.270 e. The molecule has 0 amide bonds. The molecule has 0 aliphatic rings. The van der Waals surface area contributed by atoms with E-state index in [2.05, 4.69) is 26.2 Å². The van der Waals surface area contributed by atoms with Crippen LogP contribution in [0.4, 0.5) is 5.69 Å². The molecule has 0 fully saturated rings. The standard InChI is InChI=1S/C16H12BrIN4O3/c17-12-3-1-11(2-4-12)8-21-9-13(19-20-21)10-25-16-6-5-14(22(23)24)7-15(16)18/h1-7,9H,8,10H2. The first-order valence-electron chi connectivity index (χ1n) is 7.21. The maximum absolute atomic E-state index is 10.8. The Hall–Kier alpha value is -2.01. The highest BCUT2D eigenvalue weighted by Gasteiger charge is 2.11. The molecule has 0 radical (unpaired) electrons. The quantitative estimate of drug-likeness (QED) is 0.280. The number of non-ortho nitro benzene ring substituents is 1. The molecule has 0 spiro atoms. The van der Waals surface area contributed by atoms with Crippen molar-refractivity contribution in [2.45, 2.75) is 13.2 Å². The Balaban J connectivity index is 1.62. The highest BCUT2D eigenvalue weighted by Crippen LogP contribution is 2.26. The van der Waals surface area contributed by atoms with Crippen molar-refractivity contribution in [3.63, 3.8) is 0 Å². The van der Waals surface area contributed by atoms with E-state index >= 15 is 0 Å². The zero-order valence-corrected chi connectivity index (χ0v) is 16.5. The highest BCUT2D eigenvalue weighted by molar-refractivity contribution is 14.1. The number of ether oxygens (including phenoxy) is 1. The molecule has 128 valence electrons. The van der Waals surface area contributed by atoms with E-state index in [4.69, 9.17) is 4.74 Å². The van der Waals surface area contributed by atoms with Crippen LogP contribution in [0.2, 0.25) is 0 Å². The summed E-state index contributed by atoms with van der Waals surface area (Å²) in [5, 5.41) is 18.9. The first kappa shape index (κ1) is 17.8.